The zero-order chi connectivity index (χ0) is 14.9. The highest BCUT2D eigenvalue weighted by molar-refractivity contribution is 7.14. The SMILES string of the molecule is NC(=O)c1cc2c(s1)CCN(CC1(O)CNCCOC1)C2. The van der Waals surface area contributed by atoms with E-state index < -0.39 is 5.60 Å². The molecule has 1 aromatic rings. The summed E-state index contributed by atoms with van der Waals surface area (Å²) in [5.74, 6) is -0.360. The minimum absolute atomic E-state index is 0.360. The first-order valence-corrected chi connectivity index (χ1v) is 8.02. The molecule has 2 aliphatic heterocycles. The molecule has 1 aromatic heterocycles. The number of aliphatic hydroxyl groups is 1. The van der Waals surface area contributed by atoms with E-state index in [1.165, 1.54) is 16.2 Å². The van der Waals surface area contributed by atoms with Crippen LogP contribution in [0.4, 0.5) is 0 Å². The molecular formula is C14H21N3O3S. The number of ether oxygens (including phenoxy) is 1. The second-order valence-electron chi connectivity index (χ2n) is 5.84. The van der Waals surface area contributed by atoms with Crippen LogP contribution in [0.5, 0.6) is 0 Å². The van der Waals surface area contributed by atoms with Crippen LogP contribution in [0, 0.1) is 0 Å². The molecule has 0 saturated carbocycles. The van der Waals surface area contributed by atoms with Gasteiger partial charge in [0.1, 0.15) is 5.60 Å². The first-order valence-electron chi connectivity index (χ1n) is 7.20. The van der Waals surface area contributed by atoms with Crippen molar-refractivity contribution in [2.75, 3.05) is 39.4 Å². The lowest BCUT2D eigenvalue weighted by Crippen LogP contribution is -2.52. The van der Waals surface area contributed by atoms with Gasteiger partial charge in [0.15, 0.2) is 0 Å². The van der Waals surface area contributed by atoms with Gasteiger partial charge in [-0.1, -0.05) is 0 Å². The average molecular weight is 311 g/mol. The van der Waals surface area contributed by atoms with Gasteiger partial charge in [-0.25, -0.2) is 0 Å². The molecule has 1 amide bonds. The summed E-state index contributed by atoms with van der Waals surface area (Å²) < 4.78 is 5.46. The number of nitrogens with zero attached hydrogens (tertiary/aromatic N) is 1. The molecule has 0 spiro atoms. The largest absolute Gasteiger partial charge is 0.385 e. The lowest BCUT2D eigenvalue weighted by molar-refractivity contribution is -0.0509. The molecule has 4 N–H and O–H groups in total. The average Bonchev–Trinajstić information content (AvgIpc) is 2.75. The Morgan fingerprint density at radius 1 is 1.62 bits per heavy atom. The Balaban J connectivity index is 1.66. The van der Waals surface area contributed by atoms with E-state index in [0.29, 0.717) is 31.2 Å². The molecule has 1 unspecified atom stereocenters. The third-order valence-electron chi connectivity index (χ3n) is 3.95. The maximum atomic E-state index is 11.3. The lowest BCUT2D eigenvalue weighted by atomic mass is 10.0. The minimum Gasteiger partial charge on any atom is -0.385 e. The van der Waals surface area contributed by atoms with Crippen molar-refractivity contribution in [1.29, 1.82) is 0 Å². The second-order valence-corrected chi connectivity index (χ2v) is 6.97. The van der Waals surface area contributed by atoms with Crippen LogP contribution < -0.4 is 11.1 Å². The van der Waals surface area contributed by atoms with Gasteiger partial charge in [-0.05, 0) is 18.1 Å². The number of thiophene rings is 1. The molecule has 1 atom stereocenters. The number of hydrogen-bond acceptors (Lipinski definition) is 6. The van der Waals surface area contributed by atoms with Crippen LogP contribution >= 0.6 is 11.3 Å². The maximum Gasteiger partial charge on any atom is 0.258 e. The summed E-state index contributed by atoms with van der Waals surface area (Å²) in [6.07, 6.45) is 0.900. The van der Waals surface area contributed by atoms with Crippen molar-refractivity contribution in [3.63, 3.8) is 0 Å². The number of primary amides is 1. The van der Waals surface area contributed by atoms with Crippen molar-refractivity contribution in [2.24, 2.45) is 5.73 Å². The molecule has 1 fully saturated rings. The maximum absolute atomic E-state index is 11.3. The topological polar surface area (TPSA) is 87.8 Å². The van der Waals surface area contributed by atoms with Crippen molar-refractivity contribution in [3.8, 4) is 0 Å². The first kappa shape index (κ1) is 14.9. The minimum atomic E-state index is -0.851. The van der Waals surface area contributed by atoms with E-state index in [2.05, 4.69) is 10.2 Å². The highest BCUT2D eigenvalue weighted by atomic mass is 32.1. The van der Waals surface area contributed by atoms with Crippen LogP contribution in [0.2, 0.25) is 0 Å². The third kappa shape index (κ3) is 3.44. The standard InChI is InChI=1S/C14H21N3O3S/c15-13(18)12-5-10-6-17(3-1-11(10)21-12)8-14(19)7-16-2-4-20-9-14/h5,16,19H,1-4,6-9H2,(H2,15,18). The summed E-state index contributed by atoms with van der Waals surface area (Å²) in [6.45, 7) is 4.53. The fourth-order valence-electron chi connectivity index (χ4n) is 2.94. The Morgan fingerprint density at radius 3 is 3.29 bits per heavy atom. The Bertz CT molecular complexity index is 524. The quantitative estimate of drug-likeness (QED) is 0.704. The van der Waals surface area contributed by atoms with Crippen molar-refractivity contribution in [3.05, 3.63) is 21.4 Å². The van der Waals surface area contributed by atoms with E-state index in [0.717, 1.165) is 31.6 Å². The van der Waals surface area contributed by atoms with Crippen molar-refractivity contribution in [2.45, 2.75) is 18.6 Å². The molecule has 0 bridgehead atoms. The van der Waals surface area contributed by atoms with E-state index in [-0.39, 0.29) is 5.91 Å². The zero-order valence-corrected chi connectivity index (χ0v) is 12.7. The predicted molar refractivity (Wildman–Crippen MR) is 80.5 cm³/mol. The Kier molecular flexibility index (Phi) is 4.28. The van der Waals surface area contributed by atoms with Crippen LogP contribution in [-0.2, 0) is 17.7 Å². The Hall–Kier alpha value is -0.990. The zero-order valence-electron chi connectivity index (χ0n) is 11.9. The van der Waals surface area contributed by atoms with Gasteiger partial charge in [0, 0.05) is 37.6 Å². The summed E-state index contributed by atoms with van der Waals surface area (Å²) in [4.78, 5) is 15.3. The number of nitrogens with one attached hydrogen (secondary N) is 1. The fourth-order valence-corrected chi connectivity index (χ4v) is 3.96. The molecule has 21 heavy (non-hydrogen) atoms. The molecule has 3 rings (SSSR count). The first-order chi connectivity index (χ1) is 10.1. The van der Waals surface area contributed by atoms with Gasteiger partial charge in [0.2, 0.25) is 0 Å². The van der Waals surface area contributed by atoms with Crippen LogP contribution in [0.1, 0.15) is 20.1 Å². The lowest BCUT2D eigenvalue weighted by Gasteiger charge is -2.35. The molecule has 6 nitrogen and oxygen atoms in total. The van der Waals surface area contributed by atoms with Crippen molar-refractivity contribution < 1.29 is 14.6 Å². The molecule has 7 heteroatoms. The van der Waals surface area contributed by atoms with Gasteiger partial charge in [-0.15, -0.1) is 11.3 Å². The number of carbonyl (C=O) groups excluding carboxylic acids is 1. The number of amides is 1. The smallest absolute Gasteiger partial charge is 0.258 e. The second kappa shape index (κ2) is 6.02. The summed E-state index contributed by atoms with van der Waals surface area (Å²) in [5, 5.41) is 13.8. The van der Waals surface area contributed by atoms with Crippen LogP contribution in [0.25, 0.3) is 0 Å². The van der Waals surface area contributed by atoms with E-state index >= 15 is 0 Å². The van der Waals surface area contributed by atoms with Gasteiger partial charge in [-0.3, -0.25) is 9.69 Å². The monoisotopic (exact) mass is 311 g/mol. The fraction of sp³-hybridized carbons (Fsp3) is 0.643. The number of nitrogens with two attached hydrogens (primary N) is 1. The summed E-state index contributed by atoms with van der Waals surface area (Å²) in [5.41, 5.74) is 5.65. The Labute approximate surface area is 127 Å². The number of carbonyl (C=O) groups is 1. The van der Waals surface area contributed by atoms with Gasteiger partial charge in [-0.2, -0.15) is 0 Å². The molecular weight excluding hydrogens is 290 g/mol. The number of hydrogen-bond donors (Lipinski definition) is 3. The number of rotatable bonds is 3. The molecule has 0 aromatic carbocycles. The highest BCUT2D eigenvalue weighted by Crippen LogP contribution is 2.28. The molecule has 1 saturated heterocycles. The molecule has 0 aliphatic carbocycles. The Morgan fingerprint density at radius 2 is 2.48 bits per heavy atom. The number of fused-ring (bicyclic) bond motifs is 1. The predicted octanol–water partition coefficient (Wildman–Crippen LogP) is -0.444. The molecule has 2 aliphatic rings. The number of β-amino-alcohol motifs (C(OH)–C–C–N with tert-alkyl or cyclic N) is 1. The normalized spacial score (nSPS) is 27.1. The summed E-state index contributed by atoms with van der Waals surface area (Å²) >= 11 is 1.49. The van der Waals surface area contributed by atoms with E-state index in [1.807, 2.05) is 6.07 Å². The van der Waals surface area contributed by atoms with Crippen molar-refractivity contribution >= 4 is 17.2 Å². The van der Waals surface area contributed by atoms with Gasteiger partial charge in [0.05, 0.1) is 18.1 Å². The van der Waals surface area contributed by atoms with Gasteiger partial charge >= 0.3 is 0 Å². The third-order valence-corrected chi connectivity index (χ3v) is 5.21. The van der Waals surface area contributed by atoms with E-state index in [4.69, 9.17) is 10.5 Å². The van der Waals surface area contributed by atoms with Crippen LogP contribution in [0.3, 0.4) is 0 Å². The van der Waals surface area contributed by atoms with Gasteiger partial charge < -0.3 is 20.9 Å². The highest BCUT2D eigenvalue weighted by Gasteiger charge is 2.33. The van der Waals surface area contributed by atoms with E-state index in [9.17, 15) is 9.90 Å². The molecule has 3 heterocycles. The summed E-state index contributed by atoms with van der Waals surface area (Å²) in [6, 6.07) is 1.89. The van der Waals surface area contributed by atoms with Crippen LogP contribution in [0.15, 0.2) is 6.07 Å². The van der Waals surface area contributed by atoms with Crippen molar-refractivity contribution in [1.82, 2.24) is 10.2 Å². The van der Waals surface area contributed by atoms with Crippen LogP contribution in [-0.4, -0.2) is 60.9 Å². The van der Waals surface area contributed by atoms with E-state index in [1.54, 1.807) is 0 Å². The van der Waals surface area contributed by atoms with Gasteiger partial charge in [0.25, 0.3) is 5.91 Å². The molecule has 0 radical (unpaired) electrons. The molecule has 116 valence electrons. The summed E-state index contributed by atoms with van der Waals surface area (Å²) in [7, 11) is 0.